The molecule has 0 nitrogen and oxygen atoms in total. The Bertz CT molecular complexity index is 461. The Labute approximate surface area is 84.9 Å². The van der Waals surface area contributed by atoms with E-state index in [-0.39, 0.29) is 0 Å². The van der Waals surface area contributed by atoms with Crippen molar-refractivity contribution in [3.05, 3.63) is 66.6 Å². The molecule has 1 radical (unpaired) electrons. The van der Waals surface area contributed by atoms with Gasteiger partial charge in [-0.15, -0.1) is 0 Å². The third kappa shape index (κ3) is 1.69. The number of hydrogen-bond donors (Lipinski definition) is 0. The SMILES string of the molecule is C=C(C)[CH]c1cccc2ccccc12. The maximum Gasteiger partial charge on any atom is 0.0155 e. The van der Waals surface area contributed by atoms with Gasteiger partial charge in [0.15, 0.2) is 0 Å². The molecule has 0 heteroatoms. The predicted octanol–water partition coefficient (Wildman–Crippen LogP) is 3.97. The summed E-state index contributed by atoms with van der Waals surface area (Å²) < 4.78 is 0. The highest BCUT2D eigenvalue weighted by molar-refractivity contribution is 5.87. The second kappa shape index (κ2) is 3.67. The summed E-state index contributed by atoms with van der Waals surface area (Å²) in [7, 11) is 0. The van der Waals surface area contributed by atoms with E-state index in [1.54, 1.807) is 0 Å². The van der Waals surface area contributed by atoms with Crippen molar-refractivity contribution in [2.24, 2.45) is 0 Å². The zero-order valence-electron chi connectivity index (χ0n) is 8.33. The van der Waals surface area contributed by atoms with E-state index in [2.05, 4.69) is 55.5 Å². The highest BCUT2D eigenvalue weighted by Gasteiger charge is 1.99. The van der Waals surface area contributed by atoms with E-state index in [4.69, 9.17) is 0 Å². The van der Waals surface area contributed by atoms with Crippen LogP contribution < -0.4 is 0 Å². The third-order valence-corrected chi connectivity index (χ3v) is 2.23. The number of fused-ring (bicyclic) bond motifs is 1. The monoisotopic (exact) mass is 181 g/mol. The van der Waals surface area contributed by atoms with Crippen LogP contribution in [-0.4, -0.2) is 0 Å². The summed E-state index contributed by atoms with van der Waals surface area (Å²) in [4.78, 5) is 0. The summed E-state index contributed by atoms with van der Waals surface area (Å²) in [6, 6.07) is 14.7. The second-order valence-electron chi connectivity index (χ2n) is 3.56. The van der Waals surface area contributed by atoms with Crippen LogP contribution in [0.25, 0.3) is 10.8 Å². The van der Waals surface area contributed by atoms with Gasteiger partial charge >= 0.3 is 0 Å². The fraction of sp³-hybridized carbons (Fsp3) is 0.0714. The second-order valence-corrected chi connectivity index (χ2v) is 3.56. The number of rotatable bonds is 2. The Hall–Kier alpha value is -1.56. The Kier molecular flexibility index (Phi) is 2.36. The van der Waals surface area contributed by atoms with E-state index in [1.165, 1.54) is 16.3 Å². The molecule has 2 aromatic rings. The molecule has 0 aliphatic rings. The summed E-state index contributed by atoms with van der Waals surface area (Å²) >= 11 is 0. The first kappa shape index (κ1) is 9.01. The molecule has 0 amide bonds. The van der Waals surface area contributed by atoms with Gasteiger partial charge in [0.25, 0.3) is 0 Å². The van der Waals surface area contributed by atoms with Crippen molar-refractivity contribution in [2.75, 3.05) is 0 Å². The van der Waals surface area contributed by atoms with Crippen LogP contribution in [-0.2, 0) is 0 Å². The highest BCUT2D eigenvalue weighted by Crippen LogP contribution is 2.21. The smallest absolute Gasteiger partial charge is 0.0155 e. The van der Waals surface area contributed by atoms with Crippen LogP contribution in [0.1, 0.15) is 12.5 Å². The molecular weight excluding hydrogens is 168 g/mol. The lowest BCUT2D eigenvalue weighted by molar-refractivity contribution is 1.42. The van der Waals surface area contributed by atoms with Crippen LogP contribution in [0, 0.1) is 6.42 Å². The Morgan fingerprint density at radius 1 is 1.07 bits per heavy atom. The maximum absolute atomic E-state index is 3.90. The van der Waals surface area contributed by atoms with Gasteiger partial charge in [-0.2, -0.15) is 0 Å². The van der Waals surface area contributed by atoms with Gasteiger partial charge in [-0.25, -0.2) is 0 Å². The molecule has 0 saturated heterocycles. The molecule has 0 atom stereocenters. The van der Waals surface area contributed by atoms with E-state index in [1.807, 2.05) is 6.92 Å². The summed E-state index contributed by atoms with van der Waals surface area (Å²) in [5.74, 6) is 0. The Morgan fingerprint density at radius 2 is 1.79 bits per heavy atom. The van der Waals surface area contributed by atoms with Crippen LogP contribution in [0.15, 0.2) is 54.6 Å². The van der Waals surface area contributed by atoms with Crippen molar-refractivity contribution in [2.45, 2.75) is 6.92 Å². The van der Waals surface area contributed by atoms with Gasteiger partial charge < -0.3 is 0 Å². The zero-order chi connectivity index (χ0) is 9.97. The first-order chi connectivity index (χ1) is 6.77. The highest BCUT2D eigenvalue weighted by atomic mass is 14.0. The van der Waals surface area contributed by atoms with Gasteiger partial charge in [-0.3, -0.25) is 0 Å². The van der Waals surface area contributed by atoms with E-state index in [9.17, 15) is 0 Å². The largest absolute Gasteiger partial charge is 0.0995 e. The molecule has 0 fully saturated rings. The van der Waals surface area contributed by atoms with Gasteiger partial charge in [0.05, 0.1) is 0 Å². The number of hydrogen-bond acceptors (Lipinski definition) is 0. The van der Waals surface area contributed by atoms with E-state index < -0.39 is 0 Å². The van der Waals surface area contributed by atoms with Crippen LogP contribution in [0.2, 0.25) is 0 Å². The molecule has 0 aliphatic carbocycles. The molecule has 69 valence electrons. The summed E-state index contributed by atoms with van der Waals surface area (Å²) in [5.41, 5.74) is 2.33. The molecule has 0 N–H and O–H groups in total. The standard InChI is InChI=1S/C14H13/c1-11(2)10-13-8-5-7-12-6-3-4-9-14(12)13/h3-10H,1H2,2H3. The van der Waals surface area contributed by atoms with Crippen LogP contribution in [0.3, 0.4) is 0 Å². The normalized spacial score (nSPS) is 10.4. The molecular formula is C14H13. The summed E-state index contributed by atoms with van der Waals surface area (Å²) in [6.07, 6.45) is 2.11. The number of benzene rings is 2. The lowest BCUT2D eigenvalue weighted by atomic mass is 10.00. The molecule has 2 aromatic carbocycles. The van der Waals surface area contributed by atoms with E-state index in [0.717, 1.165) is 5.57 Å². The minimum atomic E-state index is 1.08. The predicted molar refractivity (Wildman–Crippen MR) is 62.2 cm³/mol. The first-order valence-electron chi connectivity index (χ1n) is 4.75. The molecule has 0 unspecified atom stereocenters. The molecule has 0 aromatic heterocycles. The van der Waals surface area contributed by atoms with Crippen LogP contribution >= 0.6 is 0 Å². The van der Waals surface area contributed by atoms with Gasteiger partial charge in [0.2, 0.25) is 0 Å². The van der Waals surface area contributed by atoms with E-state index in [0.29, 0.717) is 0 Å². The average molecular weight is 181 g/mol. The van der Waals surface area contributed by atoms with Crippen molar-refractivity contribution in [1.29, 1.82) is 0 Å². The molecule has 0 spiro atoms. The first-order valence-corrected chi connectivity index (χ1v) is 4.75. The lowest BCUT2D eigenvalue weighted by Gasteiger charge is -2.05. The molecule has 0 aliphatic heterocycles. The molecule has 14 heavy (non-hydrogen) atoms. The van der Waals surface area contributed by atoms with Crippen molar-refractivity contribution in [1.82, 2.24) is 0 Å². The van der Waals surface area contributed by atoms with Crippen LogP contribution in [0.5, 0.6) is 0 Å². The fourth-order valence-electron chi connectivity index (χ4n) is 1.64. The van der Waals surface area contributed by atoms with Crippen molar-refractivity contribution in [3.8, 4) is 0 Å². The lowest BCUT2D eigenvalue weighted by Crippen LogP contribution is -1.84. The van der Waals surface area contributed by atoms with Crippen molar-refractivity contribution >= 4 is 10.8 Å². The van der Waals surface area contributed by atoms with Crippen molar-refractivity contribution in [3.63, 3.8) is 0 Å². The topological polar surface area (TPSA) is 0 Å². The van der Waals surface area contributed by atoms with Gasteiger partial charge in [-0.1, -0.05) is 54.6 Å². The fourth-order valence-corrected chi connectivity index (χ4v) is 1.64. The molecule has 2 rings (SSSR count). The van der Waals surface area contributed by atoms with Gasteiger partial charge in [0.1, 0.15) is 0 Å². The zero-order valence-corrected chi connectivity index (χ0v) is 8.33. The van der Waals surface area contributed by atoms with Crippen LogP contribution in [0.4, 0.5) is 0 Å². The quantitative estimate of drug-likeness (QED) is 0.657. The molecule has 0 heterocycles. The maximum atomic E-state index is 3.90. The van der Waals surface area contributed by atoms with Gasteiger partial charge in [-0.05, 0) is 23.3 Å². The minimum Gasteiger partial charge on any atom is -0.0995 e. The Balaban J connectivity index is 2.59. The Morgan fingerprint density at radius 3 is 2.57 bits per heavy atom. The molecule has 0 bridgehead atoms. The third-order valence-electron chi connectivity index (χ3n) is 2.23. The number of allylic oxidation sites excluding steroid dienone is 1. The van der Waals surface area contributed by atoms with Gasteiger partial charge in [0, 0.05) is 6.42 Å². The van der Waals surface area contributed by atoms with E-state index >= 15 is 0 Å². The average Bonchev–Trinajstić information content (AvgIpc) is 2.18. The minimum absolute atomic E-state index is 1.08. The summed E-state index contributed by atoms with van der Waals surface area (Å²) in [5, 5.41) is 2.57. The summed E-state index contributed by atoms with van der Waals surface area (Å²) in [6.45, 7) is 5.92. The van der Waals surface area contributed by atoms with Crippen molar-refractivity contribution < 1.29 is 0 Å². The molecule has 0 saturated carbocycles.